The SMILES string of the molecule is CSCc1ccc(-c2nc(C3CNCCN3C)no2)cc1. The predicted octanol–water partition coefficient (Wildman–Crippen LogP) is 2.18. The fraction of sp³-hybridized carbons (Fsp3) is 0.467. The van der Waals surface area contributed by atoms with Crippen LogP contribution in [-0.2, 0) is 5.75 Å². The van der Waals surface area contributed by atoms with E-state index in [1.54, 1.807) is 0 Å². The number of likely N-dealkylation sites (N-methyl/N-ethyl adjacent to an activating group) is 1. The summed E-state index contributed by atoms with van der Waals surface area (Å²) in [6, 6.07) is 8.51. The maximum Gasteiger partial charge on any atom is 0.257 e. The van der Waals surface area contributed by atoms with Gasteiger partial charge in [-0.2, -0.15) is 16.7 Å². The van der Waals surface area contributed by atoms with Crippen molar-refractivity contribution in [1.29, 1.82) is 0 Å². The van der Waals surface area contributed by atoms with Gasteiger partial charge < -0.3 is 9.84 Å². The summed E-state index contributed by atoms with van der Waals surface area (Å²) in [5.41, 5.74) is 2.28. The Bertz CT molecular complexity index is 584. The highest BCUT2D eigenvalue weighted by molar-refractivity contribution is 7.97. The third-order valence-electron chi connectivity index (χ3n) is 3.76. The van der Waals surface area contributed by atoms with Crippen molar-refractivity contribution in [1.82, 2.24) is 20.4 Å². The van der Waals surface area contributed by atoms with E-state index in [2.05, 4.69) is 45.8 Å². The van der Waals surface area contributed by atoms with E-state index in [1.807, 2.05) is 23.9 Å². The van der Waals surface area contributed by atoms with Crippen LogP contribution in [0.15, 0.2) is 28.8 Å². The average Bonchev–Trinajstić information content (AvgIpc) is 2.98. The number of rotatable bonds is 4. The van der Waals surface area contributed by atoms with Crippen molar-refractivity contribution in [3.8, 4) is 11.5 Å². The van der Waals surface area contributed by atoms with Crippen molar-refractivity contribution in [3.63, 3.8) is 0 Å². The van der Waals surface area contributed by atoms with Crippen LogP contribution in [0, 0.1) is 0 Å². The van der Waals surface area contributed by atoms with Gasteiger partial charge in [-0.25, -0.2) is 0 Å². The average molecular weight is 304 g/mol. The van der Waals surface area contributed by atoms with Crippen LogP contribution in [0.25, 0.3) is 11.5 Å². The first kappa shape index (κ1) is 14.6. The zero-order valence-corrected chi connectivity index (χ0v) is 13.2. The third-order valence-corrected chi connectivity index (χ3v) is 4.38. The van der Waals surface area contributed by atoms with E-state index >= 15 is 0 Å². The van der Waals surface area contributed by atoms with Gasteiger partial charge in [0.2, 0.25) is 0 Å². The number of hydrogen-bond donors (Lipinski definition) is 1. The number of hydrogen-bond acceptors (Lipinski definition) is 6. The van der Waals surface area contributed by atoms with E-state index < -0.39 is 0 Å². The topological polar surface area (TPSA) is 54.2 Å². The number of nitrogens with zero attached hydrogens (tertiary/aromatic N) is 3. The van der Waals surface area contributed by atoms with E-state index in [-0.39, 0.29) is 6.04 Å². The van der Waals surface area contributed by atoms with Crippen molar-refractivity contribution in [3.05, 3.63) is 35.7 Å². The molecule has 1 aliphatic heterocycles. The highest BCUT2D eigenvalue weighted by atomic mass is 32.2. The summed E-state index contributed by atoms with van der Waals surface area (Å²) in [6.45, 7) is 2.87. The molecule has 1 atom stereocenters. The Hall–Kier alpha value is -1.37. The standard InChI is InChI=1S/C15H20N4OS/c1-19-8-7-16-9-13(19)14-17-15(20-18-14)12-5-3-11(4-6-12)10-21-2/h3-6,13,16H,7-10H2,1-2H3. The van der Waals surface area contributed by atoms with Gasteiger partial charge in [0.25, 0.3) is 5.89 Å². The number of thioether (sulfide) groups is 1. The fourth-order valence-corrected chi connectivity index (χ4v) is 3.02. The molecule has 112 valence electrons. The van der Waals surface area contributed by atoms with Crippen LogP contribution in [-0.4, -0.2) is 48.0 Å². The Morgan fingerprint density at radius 2 is 2.19 bits per heavy atom. The van der Waals surface area contributed by atoms with Gasteiger partial charge in [0.1, 0.15) is 0 Å². The smallest absolute Gasteiger partial charge is 0.257 e. The van der Waals surface area contributed by atoms with Crippen molar-refractivity contribution in [2.75, 3.05) is 32.9 Å². The van der Waals surface area contributed by atoms with E-state index in [1.165, 1.54) is 5.56 Å². The summed E-state index contributed by atoms with van der Waals surface area (Å²) in [5, 5.41) is 7.52. The number of nitrogens with one attached hydrogen (secondary N) is 1. The normalized spacial score (nSPS) is 19.8. The first-order valence-electron chi connectivity index (χ1n) is 7.11. The second kappa shape index (κ2) is 6.60. The molecule has 1 aromatic heterocycles. The van der Waals surface area contributed by atoms with Crippen LogP contribution in [0.4, 0.5) is 0 Å². The highest BCUT2D eigenvalue weighted by Gasteiger charge is 2.25. The molecule has 6 heteroatoms. The maximum atomic E-state index is 5.43. The Kier molecular flexibility index (Phi) is 4.57. The molecule has 5 nitrogen and oxygen atoms in total. The lowest BCUT2D eigenvalue weighted by Crippen LogP contribution is -2.44. The van der Waals surface area contributed by atoms with Gasteiger partial charge >= 0.3 is 0 Å². The predicted molar refractivity (Wildman–Crippen MR) is 85.2 cm³/mol. The van der Waals surface area contributed by atoms with Gasteiger partial charge in [-0.05, 0) is 31.0 Å². The highest BCUT2D eigenvalue weighted by Crippen LogP contribution is 2.23. The summed E-state index contributed by atoms with van der Waals surface area (Å²) in [7, 11) is 2.10. The van der Waals surface area contributed by atoms with Gasteiger partial charge in [-0.15, -0.1) is 0 Å². The molecule has 0 amide bonds. The number of piperazine rings is 1. The van der Waals surface area contributed by atoms with Gasteiger partial charge in [0, 0.05) is 31.0 Å². The second-order valence-electron chi connectivity index (χ2n) is 5.29. The molecule has 1 aromatic carbocycles. The molecule has 21 heavy (non-hydrogen) atoms. The molecule has 1 N–H and O–H groups in total. The first-order valence-corrected chi connectivity index (χ1v) is 8.50. The molecular formula is C15H20N4OS. The minimum atomic E-state index is 0.187. The second-order valence-corrected chi connectivity index (χ2v) is 6.15. The Morgan fingerprint density at radius 1 is 1.38 bits per heavy atom. The van der Waals surface area contributed by atoms with Crippen molar-refractivity contribution in [2.45, 2.75) is 11.8 Å². The van der Waals surface area contributed by atoms with Gasteiger partial charge in [0.15, 0.2) is 5.82 Å². The van der Waals surface area contributed by atoms with Gasteiger partial charge in [-0.1, -0.05) is 17.3 Å². The number of benzene rings is 1. The zero-order chi connectivity index (χ0) is 14.7. The van der Waals surface area contributed by atoms with Gasteiger partial charge in [-0.3, -0.25) is 4.90 Å². The van der Waals surface area contributed by atoms with Crippen LogP contribution >= 0.6 is 11.8 Å². The Balaban J connectivity index is 1.77. The van der Waals surface area contributed by atoms with Crippen molar-refractivity contribution < 1.29 is 4.52 Å². The molecule has 2 heterocycles. The lowest BCUT2D eigenvalue weighted by molar-refractivity contribution is 0.190. The van der Waals surface area contributed by atoms with Crippen LogP contribution in [0.3, 0.4) is 0 Å². The first-order chi connectivity index (χ1) is 10.3. The molecule has 2 aromatic rings. The number of aromatic nitrogens is 2. The minimum Gasteiger partial charge on any atom is -0.334 e. The molecule has 1 aliphatic rings. The van der Waals surface area contributed by atoms with E-state index in [0.717, 1.165) is 36.8 Å². The molecule has 0 spiro atoms. The quantitative estimate of drug-likeness (QED) is 0.934. The van der Waals surface area contributed by atoms with Crippen LogP contribution in [0.1, 0.15) is 17.4 Å². The molecule has 0 aliphatic carbocycles. The summed E-state index contributed by atoms with van der Waals surface area (Å²) >= 11 is 1.82. The lowest BCUT2D eigenvalue weighted by Gasteiger charge is -2.30. The Labute approximate surface area is 129 Å². The molecule has 3 rings (SSSR count). The van der Waals surface area contributed by atoms with Crippen LogP contribution < -0.4 is 5.32 Å². The largest absolute Gasteiger partial charge is 0.334 e. The summed E-state index contributed by atoms with van der Waals surface area (Å²) in [5.74, 6) is 2.38. The van der Waals surface area contributed by atoms with Crippen LogP contribution in [0.5, 0.6) is 0 Å². The Morgan fingerprint density at radius 3 is 2.90 bits per heavy atom. The van der Waals surface area contributed by atoms with E-state index in [9.17, 15) is 0 Å². The van der Waals surface area contributed by atoms with Crippen molar-refractivity contribution >= 4 is 11.8 Å². The molecule has 0 radical (unpaired) electrons. The van der Waals surface area contributed by atoms with Crippen molar-refractivity contribution in [2.24, 2.45) is 0 Å². The summed E-state index contributed by atoms with van der Waals surface area (Å²) < 4.78 is 5.43. The fourth-order valence-electron chi connectivity index (χ4n) is 2.49. The molecular weight excluding hydrogens is 284 g/mol. The minimum absolute atomic E-state index is 0.187. The van der Waals surface area contributed by atoms with Gasteiger partial charge in [0.05, 0.1) is 6.04 Å². The summed E-state index contributed by atoms with van der Waals surface area (Å²) in [4.78, 5) is 6.82. The van der Waals surface area contributed by atoms with E-state index in [0.29, 0.717) is 5.89 Å². The monoisotopic (exact) mass is 304 g/mol. The molecule has 0 bridgehead atoms. The van der Waals surface area contributed by atoms with Crippen LogP contribution in [0.2, 0.25) is 0 Å². The third kappa shape index (κ3) is 3.28. The zero-order valence-electron chi connectivity index (χ0n) is 12.4. The summed E-state index contributed by atoms with van der Waals surface area (Å²) in [6.07, 6.45) is 2.10. The molecule has 1 unspecified atom stereocenters. The molecule has 0 saturated carbocycles. The molecule has 1 fully saturated rings. The maximum absolute atomic E-state index is 5.43. The molecule has 1 saturated heterocycles. The van der Waals surface area contributed by atoms with E-state index in [4.69, 9.17) is 4.52 Å². The lowest BCUT2D eigenvalue weighted by atomic mass is 10.1.